The van der Waals surface area contributed by atoms with Gasteiger partial charge in [-0.1, -0.05) is 6.58 Å². The number of fused-ring (bicyclic) bond motifs is 1. The van der Waals surface area contributed by atoms with Crippen LogP contribution < -0.4 is 15.0 Å². The molecule has 3 rings (SSSR count). The van der Waals surface area contributed by atoms with Crippen molar-refractivity contribution in [2.75, 3.05) is 18.0 Å². The lowest BCUT2D eigenvalue weighted by Crippen LogP contribution is -2.41. The maximum atomic E-state index is 14.1. The number of carbonyl (C=O) groups is 1. The normalized spacial score (nSPS) is 16.6. The molecule has 1 aliphatic heterocycles. The zero-order valence-electron chi connectivity index (χ0n) is 14.0. The fourth-order valence-corrected chi connectivity index (χ4v) is 2.90. The van der Waals surface area contributed by atoms with Crippen LogP contribution in [0.4, 0.5) is 29.1 Å². The highest BCUT2D eigenvalue weighted by atomic mass is 19.4. The number of amides is 1. The van der Waals surface area contributed by atoms with Gasteiger partial charge in [-0.05, 0) is 18.2 Å². The zero-order valence-corrected chi connectivity index (χ0v) is 14.0. The number of anilines is 2. The first kappa shape index (κ1) is 18.7. The van der Waals surface area contributed by atoms with Gasteiger partial charge in [0.05, 0.1) is 6.20 Å². The van der Waals surface area contributed by atoms with E-state index in [1.54, 1.807) is 21.8 Å². The molecule has 0 radical (unpaired) electrons. The van der Waals surface area contributed by atoms with Crippen LogP contribution in [-0.2, 0) is 11.3 Å². The molecule has 0 fully saturated rings. The topological polar surface area (TPSA) is 59.4 Å². The smallest absolute Gasteiger partial charge is 0.403 e. The van der Waals surface area contributed by atoms with Gasteiger partial charge in [0.15, 0.2) is 11.6 Å². The lowest BCUT2D eigenvalue weighted by atomic mass is 10.1. The standard InChI is InChI=1S/C17H16F4N4O2/c1-2-15(26)22-8-11-9-24(16-5-6-23-25(16)10-11)12-3-4-14(13(18)7-12)27-17(19,20)21/h2-7,11H,1,8-10H2,(H,22,26)/t11-/m0/s1. The van der Waals surface area contributed by atoms with Gasteiger partial charge in [0.2, 0.25) is 5.91 Å². The number of ether oxygens (including phenoxy) is 1. The molecule has 1 aliphatic rings. The molecule has 6 nitrogen and oxygen atoms in total. The summed E-state index contributed by atoms with van der Waals surface area (Å²) in [6.45, 7) is 4.68. The minimum absolute atomic E-state index is 0.0459. The Morgan fingerprint density at radius 2 is 2.15 bits per heavy atom. The summed E-state index contributed by atoms with van der Waals surface area (Å²) < 4.78 is 56.4. The highest BCUT2D eigenvalue weighted by Crippen LogP contribution is 2.34. The third-order valence-electron chi connectivity index (χ3n) is 4.05. The summed E-state index contributed by atoms with van der Waals surface area (Å²) in [7, 11) is 0. The number of aromatic nitrogens is 2. The van der Waals surface area contributed by atoms with Crippen molar-refractivity contribution < 1.29 is 27.1 Å². The van der Waals surface area contributed by atoms with Crippen LogP contribution in [0.2, 0.25) is 0 Å². The van der Waals surface area contributed by atoms with Crippen LogP contribution in [0.5, 0.6) is 5.75 Å². The van der Waals surface area contributed by atoms with Crippen molar-refractivity contribution in [1.82, 2.24) is 15.1 Å². The summed E-state index contributed by atoms with van der Waals surface area (Å²) >= 11 is 0. The number of carbonyl (C=O) groups excluding carboxylic acids is 1. The largest absolute Gasteiger partial charge is 0.573 e. The van der Waals surface area contributed by atoms with Crippen LogP contribution in [0.3, 0.4) is 0 Å². The van der Waals surface area contributed by atoms with Gasteiger partial charge in [-0.15, -0.1) is 13.2 Å². The Bertz CT molecular complexity index is 850. The van der Waals surface area contributed by atoms with Gasteiger partial charge in [0.25, 0.3) is 0 Å². The Labute approximate surface area is 152 Å². The quantitative estimate of drug-likeness (QED) is 0.636. The van der Waals surface area contributed by atoms with Gasteiger partial charge < -0.3 is 15.0 Å². The molecule has 1 amide bonds. The van der Waals surface area contributed by atoms with E-state index in [-0.39, 0.29) is 11.8 Å². The van der Waals surface area contributed by atoms with Gasteiger partial charge in [-0.3, -0.25) is 4.79 Å². The molecule has 144 valence electrons. The number of hydrogen-bond donors (Lipinski definition) is 1. The van der Waals surface area contributed by atoms with Crippen molar-refractivity contribution in [2.45, 2.75) is 12.9 Å². The van der Waals surface area contributed by atoms with E-state index in [1.165, 1.54) is 6.07 Å². The lowest BCUT2D eigenvalue weighted by molar-refractivity contribution is -0.275. The van der Waals surface area contributed by atoms with Crippen LogP contribution in [-0.4, -0.2) is 35.1 Å². The SMILES string of the molecule is C=CC(=O)NC[C@H]1CN(c2ccc(OC(F)(F)F)c(F)c2)c2ccnn2C1. The van der Waals surface area contributed by atoms with E-state index in [9.17, 15) is 22.4 Å². The van der Waals surface area contributed by atoms with Crippen LogP contribution in [0.1, 0.15) is 0 Å². The fraction of sp³-hybridized carbons (Fsp3) is 0.294. The molecule has 1 aromatic heterocycles. The minimum atomic E-state index is -4.97. The maximum absolute atomic E-state index is 14.1. The summed E-state index contributed by atoms with van der Waals surface area (Å²) in [6.07, 6.45) is -2.24. The minimum Gasteiger partial charge on any atom is -0.403 e. The molecular weight excluding hydrogens is 368 g/mol. The molecule has 0 bridgehead atoms. The Morgan fingerprint density at radius 1 is 1.37 bits per heavy atom. The number of halogens is 4. The lowest BCUT2D eigenvalue weighted by Gasteiger charge is -2.35. The third kappa shape index (κ3) is 4.39. The molecule has 1 N–H and O–H groups in total. The van der Waals surface area contributed by atoms with Crippen molar-refractivity contribution >= 4 is 17.4 Å². The van der Waals surface area contributed by atoms with E-state index in [1.807, 2.05) is 0 Å². The van der Waals surface area contributed by atoms with Crippen molar-refractivity contribution in [3.63, 3.8) is 0 Å². The molecule has 1 aromatic carbocycles. The number of nitrogens with one attached hydrogen (secondary N) is 1. The number of nitrogens with zero attached hydrogens (tertiary/aromatic N) is 3. The second-order valence-corrected chi connectivity index (χ2v) is 5.96. The number of benzene rings is 1. The monoisotopic (exact) mass is 384 g/mol. The second kappa shape index (κ2) is 7.29. The fourth-order valence-electron chi connectivity index (χ4n) is 2.90. The van der Waals surface area contributed by atoms with Crippen LogP contribution in [0.15, 0.2) is 43.1 Å². The average molecular weight is 384 g/mol. The third-order valence-corrected chi connectivity index (χ3v) is 4.05. The summed E-state index contributed by atoms with van der Waals surface area (Å²) in [6, 6.07) is 4.97. The summed E-state index contributed by atoms with van der Waals surface area (Å²) in [5.74, 6) is -1.71. The van der Waals surface area contributed by atoms with E-state index in [4.69, 9.17) is 0 Å². The highest BCUT2D eigenvalue weighted by molar-refractivity contribution is 5.86. The number of rotatable bonds is 5. The molecule has 0 saturated carbocycles. The molecule has 0 aliphatic carbocycles. The Morgan fingerprint density at radius 3 is 2.81 bits per heavy atom. The van der Waals surface area contributed by atoms with Crippen LogP contribution in [0.25, 0.3) is 0 Å². The molecule has 0 saturated heterocycles. The Kier molecular flexibility index (Phi) is 5.06. The van der Waals surface area contributed by atoms with Gasteiger partial charge >= 0.3 is 6.36 Å². The van der Waals surface area contributed by atoms with Gasteiger partial charge in [0, 0.05) is 43.4 Å². The van der Waals surface area contributed by atoms with E-state index in [2.05, 4.69) is 21.7 Å². The summed E-state index contributed by atoms with van der Waals surface area (Å²) in [5, 5.41) is 6.89. The highest BCUT2D eigenvalue weighted by Gasteiger charge is 2.33. The molecule has 2 aromatic rings. The Balaban J connectivity index is 1.83. The maximum Gasteiger partial charge on any atom is 0.573 e. The first-order valence-electron chi connectivity index (χ1n) is 8.02. The van der Waals surface area contributed by atoms with Crippen molar-refractivity contribution in [3.8, 4) is 5.75 Å². The summed E-state index contributed by atoms with van der Waals surface area (Å²) in [4.78, 5) is 13.1. The first-order valence-corrected chi connectivity index (χ1v) is 8.02. The molecule has 10 heteroatoms. The molecule has 27 heavy (non-hydrogen) atoms. The van der Waals surface area contributed by atoms with E-state index >= 15 is 0 Å². The Hall–Kier alpha value is -3.04. The molecule has 1 atom stereocenters. The van der Waals surface area contributed by atoms with Gasteiger partial charge in [-0.2, -0.15) is 5.10 Å². The molecule has 0 spiro atoms. The molecule has 2 heterocycles. The first-order chi connectivity index (χ1) is 12.8. The van der Waals surface area contributed by atoms with Crippen molar-refractivity contribution in [2.24, 2.45) is 5.92 Å². The molecular formula is C17H16F4N4O2. The van der Waals surface area contributed by atoms with E-state index in [0.29, 0.717) is 31.1 Å². The number of hydrogen-bond acceptors (Lipinski definition) is 4. The molecule has 0 unspecified atom stereocenters. The van der Waals surface area contributed by atoms with Crippen LogP contribution in [0, 0.1) is 11.7 Å². The van der Waals surface area contributed by atoms with E-state index < -0.39 is 17.9 Å². The van der Waals surface area contributed by atoms with Crippen molar-refractivity contribution in [3.05, 3.63) is 48.9 Å². The zero-order chi connectivity index (χ0) is 19.6. The van der Waals surface area contributed by atoms with Crippen molar-refractivity contribution in [1.29, 1.82) is 0 Å². The second-order valence-electron chi connectivity index (χ2n) is 5.96. The summed E-state index contributed by atoms with van der Waals surface area (Å²) in [5.41, 5.74) is 0.350. The van der Waals surface area contributed by atoms with E-state index in [0.717, 1.165) is 18.2 Å². The number of alkyl halides is 3. The van der Waals surface area contributed by atoms with Crippen LogP contribution >= 0.6 is 0 Å². The van der Waals surface area contributed by atoms with Gasteiger partial charge in [0.1, 0.15) is 5.82 Å². The predicted octanol–water partition coefficient (Wildman–Crippen LogP) is 2.99. The average Bonchev–Trinajstić information content (AvgIpc) is 3.08. The van der Waals surface area contributed by atoms with Gasteiger partial charge in [-0.25, -0.2) is 9.07 Å². The predicted molar refractivity (Wildman–Crippen MR) is 89.0 cm³/mol.